The van der Waals surface area contributed by atoms with Gasteiger partial charge in [-0.05, 0) is 49.5 Å². The van der Waals surface area contributed by atoms with Crippen molar-refractivity contribution in [3.8, 4) is 0 Å². The van der Waals surface area contributed by atoms with E-state index >= 15 is 0 Å². The first-order valence-corrected chi connectivity index (χ1v) is 7.48. The first kappa shape index (κ1) is 11.9. The van der Waals surface area contributed by atoms with Crippen LogP contribution in [0, 0.1) is 0 Å². The van der Waals surface area contributed by atoms with Gasteiger partial charge in [-0.1, -0.05) is 24.6 Å². The van der Waals surface area contributed by atoms with Crippen LogP contribution >= 0.6 is 11.3 Å². The molecule has 0 fully saturated rings. The van der Waals surface area contributed by atoms with Crippen LogP contribution < -0.4 is 15.6 Å². The van der Waals surface area contributed by atoms with Crippen LogP contribution in [-0.2, 0) is 6.42 Å². The van der Waals surface area contributed by atoms with E-state index in [4.69, 9.17) is 10.7 Å². The summed E-state index contributed by atoms with van der Waals surface area (Å²) in [7, 11) is 0. The summed E-state index contributed by atoms with van der Waals surface area (Å²) >= 11 is 1.86. The zero-order chi connectivity index (χ0) is 12.4. The zero-order valence-electron chi connectivity index (χ0n) is 10.5. The van der Waals surface area contributed by atoms with Gasteiger partial charge in [0.2, 0.25) is 0 Å². The lowest BCUT2D eigenvalue weighted by atomic mass is 10.0. The molecule has 2 N–H and O–H groups in total. The molecule has 3 heteroatoms. The van der Waals surface area contributed by atoms with Gasteiger partial charge < -0.3 is 5.73 Å². The van der Waals surface area contributed by atoms with Crippen LogP contribution in [0.15, 0.2) is 23.8 Å². The van der Waals surface area contributed by atoms with Crippen molar-refractivity contribution in [1.82, 2.24) is 4.98 Å². The van der Waals surface area contributed by atoms with Crippen molar-refractivity contribution >= 4 is 23.0 Å². The normalized spacial score (nSPS) is 16.3. The first-order chi connectivity index (χ1) is 8.88. The average molecular weight is 258 g/mol. The van der Waals surface area contributed by atoms with E-state index in [1.807, 2.05) is 11.3 Å². The third kappa shape index (κ3) is 2.20. The smallest absolute Gasteiger partial charge is 0.0938 e. The van der Waals surface area contributed by atoms with E-state index in [1.165, 1.54) is 38.9 Å². The van der Waals surface area contributed by atoms with Crippen molar-refractivity contribution in [2.75, 3.05) is 6.54 Å². The molecule has 2 nitrogen and oxygen atoms in total. The Hall–Kier alpha value is -1.19. The summed E-state index contributed by atoms with van der Waals surface area (Å²) in [6, 6.07) is 0. The molecule has 3 rings (SSSR count). The standard InChI is InChI=1S/C15H18N2S/c16-9-5-1-2-8-14-17-15-12-7-4-3-6-11(12)10-13(15)18-14/h3-4,6,10H,1-2,5,7-9,16H2. The van der Waals surface area contributed by atoms with E-state index < -0.39 is 0 Å². The minimum absolute atomic E-state index is 0.806. The number of hydrogen-bond acceptors (Lipinski definition) is 3. The molecule has 0 atom stereocenters. The van der Waals surface area contributed by atoms with Crippen LogP contribution in [0.5, 0.6) is 0 Å². The maximum absolute atomic E-state index is 5.51. The van der Waals surface area contributed by atoms with Crippen molar-refractivity contribution in [2.24, 2.45) is 5.73 Å². The fourth-order valence-electron chi connectivity index (χ4n) is 2.48. The van der Waals surface area contributed by atoms with Crippen molar-refractivity contribution in [1.29, 1.82) is 0 Å². The van der Waals surface area contributed by atoms with Crippen molar-refractivity contribution < 1.29 is 0 Å². The molecule has 0 amide bonds. The Morgan fingerprint density at radius 1 is 1.28 bits per heavy atom. The number of hydrogen-bond donors (Lipinski definition) is 1. The second kappa shape index (κ2) is 5.21. The molecule has 0 radical (unpaired) electrons. The Kier molecular flexibility index (Phi) is 3.43. The van der Waals surface area contributed by atoms with E-state index in [2.05, 4.69) is 24.3 Å². The van der Waals surface area contributed by atoms with E-state index in [-0.39, 0.29) is 0 Å². The van der Waals surface area contributed by atoms with Gasteiger partial charge in [-0.15, -0.1) is 11.3 Å². The van der Waals surface area contributed by atoms with Crippen LogP contribution in [-0.4, -0.2) is 11.5 Å². The Labute approximate surface area is 111 Å². The number of aryl methyl sites for hydroxylation is 1. The summed E-state index contributed by atoms with van der Waals surface area (Å²) in [5, 5.41) is 2.53. The molecule has 0 unspecified atom stereocenters. The van der Waals surface area contributed by atoms with Gasteiger partial charge in [0.05, 0.1) is 14.9 Å². The monoisotopic (exact) mass is 258 g/mol. The SMILES string of the molecule is NCCCCCc1nc2c(s1)=CC1=CC=CCC=21. The lowest BCUT2D eigenvalue weighted by Crippen LogP contribution is -2.19. The lowest BCUT2D eigenvalue weighted by molar-refractivity contribution is 0.684. The quantitative estimate of drug-likeness (QED) is 0.816. The summed E-state index contributed by atoms with van der Waals surface area (Å²) in [5.41, 5.74) is 8.28. The molecular formula is C15H18N2S. The maximum Gasteiger partial charge on any atom is 0.0938 e. The topological polar surface area (TPSA) is 38.9 Å². The van der Waals surface area contributed by atoms with Crippen LogP contribution in [0.3, 0.4) is 0 Å². The highest BCUT2D eigenvalue weighted by Crippen LogP contribution is 2.23. The van der Waals surface area contributed by atoms with Crippen LogP contribution in [0.25, 0.3) is 11.6 Å². The summed E-state index contributed by atoms with van der Waals surface area (Å²) < 4.78 is 1.36. The van der Waals surface area contributed by atoms with Gasteiger partial charge in [-0.3, -0.25) is 0 Å². The van der Waals surface area contributed by atoms with Crippen molar-refractivity contribution in [2.45, 2.75) is 32.1 Å². The van der Waals surface area contributed by atoms with Gasteiger partial charge in [-0.2, -0.15) is 0 Å². The molecule has 0 bridgehead atoms. The van der Waals surface area contributed by atoms with E-state index in [0.29, 0.717) is 0 Å². The number of allylic oxidation sites excluding steroid dienone is 4. The number of aromatic nitrogens is 1. The number of unbranched alkanes of at least 4 members (excludes halogenated alkanes) is 2. The predicted octanol–water partition coefficient (Wildman–Crippen LogP) is 1.65. The van der Waals surface area contributed by atoms with Crippen molar-refractivity contribution in [3.63, 3.8) is 0 Å². The van der Waals surface area contributed by atoms with Crippen molar-refractivity contribution in [3.05, 3.63) is 38.7 Å². The molecule has 0 spiro atoms. The van der Waals surface area contributed by atoms with Crippen LogP contribution in [0.1, 0.15) is 30.7 Å². The lowest BCUT2D eigenvalue weighted by Gasteiger charge is -2.04. The van der Waals surface area contributed by atoms with E-state index in [0.717, 1.165) is 25.8 Å². The highest BCUT2D eigenvalue weighted by molar-refractivity contribution is 7.09. The minimum Gasteiger partial charge on any atom is -0.330 e. The molecule has 1 aromatic heterocycles. The van der Waals surface area contributed by atoms with Gasteiger partial charge in [-0.25, -0.2) is 4.98 Å². The Morgan fingerprint density at radius 3 is 3.11 bits per heavy atom. The van der Waals surface area contributed by atoms with Gasteiger partial charge in [0.25, 0.3) is 0 Å². The van der Waals surface area contributed by atoms with Gasteiger partial charge in [0.15, 0.2) is 0 Å². The number of nitrogens with two attached hydrogens (primary N) is 1. The second-order valence-electron chi connectivity index (χ2n) is 4.80. The van der Waals surface area contributed by atoms with Gasteiger partial charge in [0.1, 0.15) is 0 Å². The molecule has 1 aromatic rings. The van der Waals surface area contributed by atoms with E-state index in [9.17, 15) is 0 Å². The minimum atomic E-state index is 0.806. The molecule has 2 aliphatic rings. The molecule has 0 saturated carbocycles. The third-order valence-electron chi connectivity index (χ3n) is 3.45. The van der Waals surface area contributed by atoms with Crippen LogP contribution in [0.2, 0.25) is 0 Å². The molecule has 2 aliphatic carbocycles. The Morgan fingerprint density at radius 2 is 2.22 bits per heavy atom. The summed E-state index contributed by atoms with van der Waals surface area (Å²) in [6.45, 7) is 0.806. The molecule has 18 heavy (non-hydrogen) atoms. The highest BCUT2D eigenvalue weighted by atomic mass is 32.1. The number of nitrogens with zero attached hydrogens (tertiary/aromatic N) is 1. The fraction of sp³-hybridized carbons (Fsp3) is 0.400. The first-order valence-electron chi connectivity index (χ1n) is 6.66. The molecule has 94 valence electrons. The largest absolute Gasteiger partial charge is 0.330 e. The fourth-order valence-corrected chi connectivity index (χ4v) is 3.57. The zero-order valence-corrected chi connectivity index (χ0v) is 11.3. The molecule has 1 heterocycles. The summed E-state index contributed by atoms with van der Waals surface area (Å²) in [4.78, 5) is 4.82. The van der Waals surface area contributed by atoms with E-state index in [1.54, 1.807) is 0 Å². The van der Waals surface area contributed by atoms with Gasteiger partial charge in [0, 0.05) is 0 Å². The van der Waals surface area contributed by atoms with Gasteiger partial charge >= 0.3 is 0 Å². The highest BCUT2D eigenvalue weighted by Gasteiger charge is 2.15. The molecule has 0 saturated heterocycles. The predicted molar refractivity (Wildman–Crippen MR) is 77.7 cm³/mol. The maximum atomic E-state index is 5.51. The number of rotatable bonds is 5. The average Bonchev–Trinajstić information content (AvgIpc) is 2.91. The number of fused-ring (bicyclic) bond motifs is 2. The molecule has 0 aliphatic heterocycles. The molecule has 0 aromatic carbocycles. The summed E-state index contributed by atoms with van der Waals surface area (Å²) in [5.74, 6) is 0. The Bertz CT molecular complexity index is 619. The second-order valence-corrected chi connectivity index (χ2v) is 5.91. The van der Waals surface area contributed by atoms with Crippen LogP contribution in [0.4, 0.5) is 0 Å². The number of thiazole rings is 1. The Balaban J connectivity index is 1.78. The summed E-state index contributed by atoms with van der Waals surface area (Å²) in [6.07, 6.45) is 14.5. The molecular weight excluding hydrogens is 240 g/mol. The third-order valence-corrected chi connectivity index (χ3v) is 4.51.